The fourth-order valence-corrected chi connectivity index (χ4v) is 6.99. The number of allylic oxidation sites excluding steroid dienone is 3. The van der Waals surface area contributed by atoms with Gasteiger partial charge in [-0.2, -0.15) is 0 Å². The molecule has 0 aliphatic carbocycles. The van der Waals surface area contributed by atoms with Crippen molar-refractivity contribution >= 4 is 19.8 Å². The molecule has 3 unspecified atom stereocenters. The maximum Gasteiger partial charge on any atom is 0.472 e. The van der Waals surface area contributed by atoms with E-state index in [0.29, 0.717) is 29.7 Å². The van der Waals surface area contributed by atoms with E-state index in [1.54, 1.807) is 0 Å². The summed E-state index contributed by atoms with van der Waals surface area (Å²) in [6, 6.07) is 0. The third-order valence-electron chi connectivity index (χ3n) is 9.88. The highest BCUT2D eigenvalue weighted by Gasteiger charge is 2.36. The number of carbonyl (C=O) groups is 2. The van der Waals surface area contributed by atoms with Crippen LogP contribution in [0.25, 0.3) is 0 Å². The largest absolute Gasteiger partial charge is 0.472 e. The molecule has 4 atom stereocenters. The van der Waals surface area contributed by atoms with Gasteiger partial charge < -0.3 is 23.6 Å². The van der Waals surface area contributed by atoms with Crippen molar-refractivity contribution in [1.29, 1.82) is 0 Å². The summed E-state index contributed by atoms with van der Waals surface area (Å²) in [7, 11) is 1.46. The second kappa shape index (κ2) is 33.4. The second-order valence-corrected chi connectivity index (χ2v) is 17.9. The normalized spacial score (nSPS) is 17.5. The van der Waals surface area contributed by atoms with Crippen LogP contribution in [-0.2, 0) is 37.4 Å². The molecule has 0 spiro atoms. The molecule has 55 heavy (non-hydrogen) atoms. The van der Waals surface area contributed by atoms with E-state index in [0.717, 1.165) is 77.0 Å². The van der Waals surface area contributed by atoms with Crippen molar-refractivity contribution in [2.75, 3.05) is 47.5 Å². The molecule has 10 nitrogen and oxygen atoms in total. The van der Waals surface area contributed by atoms with Crippen molar-refractivity contribution in [2.24, 2.45) is 0 Å². The number of quaternary nitrogens is 1. The molecule has 322 valence electrons. The number of epoxide rings is 1. The van der Waals surface area contributed by atoms with Crippen LogP contribution in [0.5, 0.6) is 0 Å². The van der Waals surface area contributed by atoms with Crippen LogP contribution in [0.3, 0.4) is 0 Å². The fraction of sp³-hybridized carbons (Fsp3) is 0.864. The van der Waals surface area contributed by atoms with E-state index in [4.69, 9.17) is 23.3 Å². The fourth-order valence-electron chi connectivity index (χ4n) is 6.25. The molecule has 0 bridgehead atoms. The van der Waals surface area contributed by atoms with E-state index in [-0.39, 0.29) is 32.0 Å². The van der Waals surface area contributed by atoms with Crippen LogP contribution in [0.1, 0.15) is 181 Å². The number of rotatable bonds is 39. The zero-order valence-electron chi connectivity index (χ0n) is 35.9. The number of nitrogens with zero attached hydrogens (tertiary/aromatic N) is 1. The van der Waals surface area contributed by atoms with Crippen molar-refractivity contribution in [3.8, 4) is 0 Å². The molecule has 1 aliphatic rings. The number of phosphoric ester groups is 1. The first-order chi connectivity index (χ1) is 26.5. The molecule has 1 saturated heterocycles. The third-order valence-corrected chi connectivity index (χ3v) is 10.9. The number of esters is 2. The summed E-state index contributed by atoms with van der Waals surface area (Å²) >= 11 is 0. The minimum atomic E-state index is -4.38. The third kappa shape index (κ3) is 34.2. The summed E-state index contributed by atoms with van der Waals surface area (Å²) in [5.41, 5.74) is 0. The monoisotopic (exact) mass is 801 g/mol. The average molecular weight is 801 g/mol. The summed E-state index contributed by atoms with van der Waals surface area (Å²) in [4.78, 5) is 35.4. The Labute approximate surface area is 336 Å². The summed E-state index contributed by atoms with van der Waals surface area (Å²) in [5, 5.41) is 0. The smallest absolute Gasteiger partial charge is 0.462 e. The summed E-state index contributed by atoms with van der Waals surface area (Å²) in [6.07, 6.45) is 36.6. The van der Waals surface area contributed by atoms with E-state index in [9.17, 15) is 19.0 Å². The van der Waals surface area contributed by atoms with Gasteiger partial charge in [0, 0.05) is 12.8 Å². The van der Waals surface area contributed by atoms with Gasteiger partial charge in [0.1, 0.15) is 19.8 Å². The minimum absolute atomic E-state index is 0.0259. The van der Waals surface area contributed by atoms with Gasteiger partial charge in [0.15, 0.2) is 6.10 Å². The van der Waals surface area contributed by atoms with E-state index < -0.39 is 26.5 Å². The Morgan fingerprint density at radius 1 is 0.655 bits per heavy atom. The maximum atomic E-state index is 12.7. The van der Waals surface area contributed by atoms with Gasteiger partial charge in [-0.05, 0) is 64.2 Å². The van der Waals surface area contributed by atoms with Crippen LogP contribution < -0.4 is 0 Å². The summed E-state index contributed by atoms with van der Waals surface area (Å²) < 4.78 is 40.1. The van der Waals surface area contributed by atoms with E-state index in [1.807, 2.05) is 21.1 Å². The molecular formula is C44H83NO9P+. The Kier molecular flexibility index (Phi) is 31.3. The zero-order chi connectivity index (χ0) is 40.5. The molecule has 0 saturated carbocycles. The van der Waals surface area contributed by atoms with Crippen LogP contribution >= 0.6 is 7.82 Å². The van der Waals surface area contributed by atoms with Gasteiger partial charge >= 0.3 is 19.8 Å². The molecule has 11 heteroatoms. The Morgan fingerprint density at radius 3 is 1.78 bits per heavy atom. The van der Waals surface area contributed by atoms with Crippen LogP contribution in [0.2, 0.25) is 0 Å². The highest BCUT2D eigenvalue weighted by atomic mass is 31.2. The molecule has 0 aromatic heterocycles. The first-order valence-corrected chi connectivity index (χ1v) is 23.7. The van der Waals surface area contributed by atoms with Crippen LogP contribution in [0, 0.1) is 0 Å². The lowest BCUT2D eigenvalue weighted by molar-refractivity contribution is -0.870. The van der Waals surface area contributed by atoms with Gasteiger partial charge in [0.2, 0.25) is 0 Å². The zero-order valence-corrected chi connectivity index (χ0v) is 36.8. The molecule has 1 heterocycles. The van der Waals surface area contributed by atoms with Crippen molar-refractivity contribution in [1.82, 2.24) is 0 Å². The molecule has 1 rings (SSSR count). The Hall–Kier alpha value is -1.55. The van der Waals surface area contributed by atoms with Gasteiger partial charge in [0.05, 0.1) is 40.0 Å². The van der Waals surface area contributed by atoms with Crippen molar-refractivity contribution < 1.29 is 46.8 Å². The van der Waals surface area contributed by atoms with Crippen LogP contribution in [0.4, 0.5) is 0 Å². The molecule has 1 N–H and O–H groups in total. The van der Waals surface area contributed by atoms with E-state index in [2.05, 4.69) is 38.2 Å². The Morgan fingerprint density at radius 2 is 1.16 bits per heavy atom. The van der Waals surface area contributed by atoms with Gasteiger partial charge in [0.25, 0.3) is 0 Å². The van der Waals surface area contributed by atoms with E-state index >= 15 is 0 Å². The highest BCUT2D eigenvalue weighted by Crippen LogP contribution is 2.43. The second-order valence-electron chi connectivity index (χ2n) is 16.5. The maximum absolute atomic E-state index is 12.7. The number of ether oxygens (including phenoxy) is 3. The summed E-state index contributed by atoms with van der Waals surface area (Å²) in [6.45, 7) is 4.35. The van der Waals surface area contributed by atoms with Gasteiger partial charge in [-0.25, -0.2) is 4.57 Å². The Bertz CT molecular complexity index is 1060. The molecular weight excluding hydrogens is 717 g/mol. The van der Waals surface area contributed by atoms with Gasteiger partial charge in [-0.1, -0.05) is 128 Å². The predicted molar refractivity (Wildman–Crippen MR) is 224 cm³/mol. The first kappa shape index (κ1) is 51.5. The van der Waals surface area contributed by atoms with Gasteiger partial charge in [-0.15, -0.1) is 0 Å². The minimum Gasteiger partial charge on any atom is -0.462 e. The number of hydrogen-bond donors (Lipinski definition) is 1. The molecule has 1 aliphatic heterocycles. The number of hydrogen-bond acceptors (Lipinski definition) is 8. The van der Waals surface area contributed by atoms with Crippen molar-refractivity contribution in [3.63, 3.8) is 0 Å². The lowest BCUT2D eigenvalue weighted by Gasteiger charge is -2.24. The molecule has 0 aromatic carbocycles. The molecule has 1 fully saturated rings. The standard InChI is InChI=1S/C44H82NO9P/c1-6-8-10-12-14-15-16-17-18-19-20-21-22-26-30-34-43(46)50-38-40(39-52-55(48,49)51-37-36-45(3,4)5)53-44(47)35-31-27-23-25-29-33-42-41(54-42)32-28-24-13-11-9-7-2/h15-16,24,28,40-42H,6-14,17-23,25-27,29-39H2,1-5H3/p+1/b16-15-,28-24-/t40-,41?,42?/m1/s1. The van der Waals surface area contributed by atoms with Crippen LogP contribution in [-0.4, -0.2) is 87.1 Å². The average Bonchev–Trinajstić information content (AvgIpc) is 3.89. The number of likely N-dealkylation sites (N-methyl/N-ethyl adjacent to an activating group) is 1. The van der Waals surface area contributed by atoms with Crippen molar-refractivity contribution in [2.45, 2.75) is 199 Å². The quantitative estimate of drug-likeness (QED) is 0.0162. The number of unbranched alkanes of at least 4 members (excludes halogenated alkanes) is 18. The van der Waals surface area contributed by atoms with Crippen LogP contribution in [0.15, 0.2) is 24.3 Å². The summed E-state index contributed by atoms with van der Waals surface area (Å²) in [5.74, 6) is -0.825. The Balaban J connectivity index is 2.29. The number of phosphoric acid groups is 1. The SMILES string of the molecule is CCCCC/C=C\CC1OC1CCCCCCCC(=O)O[C@H](COC(=O)CCCCCCCCC/C=C\CCCCCC)COP(=O)(O)OCC[N+](C)(C)C. The highest BCUT2D eigenvalue weighted by molar-refractivity contribution is 7.47. The topological polar surface area (TPSA) is 121 Å². The van der Waals surface area contributed by atoms with Crippen molar-refractivity contribution in [3.05, 3.63) is 24.3 Å². The first-order valence-electron chi connectivity index (χ1n) is 22.2. The molecule has 0 amide bonds. The van der Waals surface area contributed by atoms with Gasteiger partial charge in [-0.3, -0.25) is 18.6 Å². The number of carbonyl (C=O) groups excluding carboxylic acids is 2. The van der Waals surface area contributed by atoms with E-state index in [1.165, 1.54) is 70.6 Å². The lowest BCUT2D eigenvalue weighted by atomic mass is 10.1. The molecule has 0 aromatic rings. The predicted octanol–water partition coefficient (Wildman–Crippen LogP) is 11.3. The molecule has 0 radical (unpaired) electrons. The lowest BCUT2D eigenvalue weighted by Crippen LogP contribution is -2.37.